The van der Waals surface area contributed by atoms with Crippen LogP contribution in [0.5, 0.6) is 0 Å². The van der Waals surface area contributed by atoms with Crippen molar-refractivity contribution in [1.29, 1.82) is 0 Å². The van der Waals surface area contributed by atoms with Crippen LogP contribution in [0.25, 0.3) is 6.08 Å². The zero-order valence-corrected chi connectivity index (χ0v) is 37.5. The molecule has 0 bridgehead atoms. The van der Waals surface area contributed by atoms with Crippen LogP contribution < -0.4 is 0 Å². The first kappa shape index (κ1) is 49.1. The largest absolute Gasteiger partial charge is 0.508 e. The van der Waals surface area contributed by atoms with Crippen molar-refractivity contribution >= 4 is 78.4 Å². The van der Waals surface area contributed by atoms with Crippen LogP contribution in [0, 0.1) is 24.2 Å². The first-order valence-electron chi connectivity index (χ1n) is 18.5. The standard InChI is InChI=1S/C40H62Cl3NO7SSi/c1-13-18-20-27(6)21-22-33(29(8)23-32-25-52-31(10)44-32)49-35(45)24-34(51-53(15-3,16-4)17-5)39(11,12)37(46)30(9)36(28(7)19-14-2)50-38(47)48-26-40(41,42)43/h13-14,21,23,25,28,30,33-34,36H,1-2,15-20,22,24,26H2,3-12H3/b27-21+,29-23+/t28-,30+,33-,34-,36-/m0/s1. The van der Waals surface area contributed by atoms with E-state index in [1.165, 1.54) is 5.57 Å². The Hall–Kier alpha value is -1.95. The summed E-state index contributed by atoms with van der Waals surface area (Å²) in [5, 5.41) is 2.92. The molecule has 0 fully saturated rings. The molecule has 1 heterocycles. The molecule has 0 aliphatic rings. The molecule has 0 saturated carbocycles. The summed E-state index contributed by atoms with van der Waals surface area (Å²) in [6, 6.07) is 2.44. The van der Waals surface area contributed by atoms with Gasteiger partial charge in [-0.25, -0.2) is 9.78 Å². The monoisotopic (exact) mass is 833 g/mol. The smallest absolute Gasteiger partial charge is 0.457 e. The van der Waals surface area contributed by atoms with E-state index in [1.54, 1.807) is 38.2 Å². The molecule has 1 aromatic heterocycles. The minimum Gasteiger partial charge on any atom is -0.457 e. The molecule has 0 spiro atoms. The van der Waals surface area contributed by atoms with Crippen LogP contribution in [0.1, 0.15) is 105 Å². The second-order valence-electron chi connectivity index (χ2n) is 14.4. The third kappa shape index (κ3) is 16.8. The van der Waals surface area contributed by atoms with Crippen LogP contribution in [0.2, 0.25) is 18.1 Å². The van der Waals surface area contributed by atoms with Gasteiger partial charge < -0.3 is 18.6 Å². The van der Waals surface area contributed by atoms with Gasteiger partial charge in [0.25, 0.3) is 0 Å². The van der Waals surface area contributed by atoms with Crippen molar-refractivity contribution < 1.29 is 33.0 Å². The molecule has 300 valence electrons. The van der Waals surface area contributed by atoms with E-state index in [0.29, 0.717) is 12.8 Å². The molecule has 1 rings (SSSR count). The zero-order valence-electron chi connectivity index (χ0n) is 33.4. The average molecular weight is 835 g/mol. The van der Waals surface area contributed by atoms with Gasteiger partial charge in [0.05, 0.1) is 29.1 Å². The molecular weight excluding hydrogens is 773 g/mol. The number of aromatic nitrogens is 1. The quantitative estimate of drug-likeness (QED) is 0.0439. The van der Waals surface area contributed by atoms with Gasteiger partial charge in [0.1, 0.15) is 24.6 Å². The highest BCUT2D eigenvalue weighted by molar-refractivity contribution is 7.09. The summed E-state index contributed by atoms with van der Waals surface area (Å²) >= 11 is 18.9. The van der Waals surface area contributed by atoms with E-state index in [-0.39, 0.29) is 18.1 Å². The second-order valence-corrected chi connectivity index (χ2v) is 22.7. The molecule has 0 amide bonds. The summed E-state index contributed by atoms with van der Waals surface area (Å²) in [5.41, 5.74) is 1.65. The van der Waals surface area contributed by atoms with Crippen LogP contribution in [0.15, 0.2) is 47.9 Å². The lowest BCUT2D eigenvalue weighted by Gasteiger charge is -2.42. The second kappa shape index (κ2) is 23.2. The van der Waals surface area contributed by atoms with E-state index in [0.717, 1.165) is 47.2 Å². The Bertz CT molecular complexity index is 1410. The van der Waals surface area contributed by atoms with E-state index in [1.807, 2.05) is 38.3 Å². The first-order valence-corrected chi connectivity index (χ1v) is 23.0. The average Bonchev–Trinajstić information content (AvgIpc) is 3.51. The van der Waals surface area contributed by atoms with E-state index >= 15 is 0 Å². The molecule has 0 unspecified atom stereocenters. The number of allylic oxidation sites excluding steroid dienone is 3. The fourth-order valence-corrected chi connectivity index (χ4v) is 9.95. The molecule has 8 nitrogen and oxygen atoms in total. The molecular formula is C40H62Cl3NO7SSi. The third-order valence-electron chi connectivity index (χ3n) is 9.93. The van der Waals surface area contributed by atoms with Gasteiger partial charge in [-0.3, -0.25) is 9.59 Å². The summed E-state index contributed by atoms with van der Waals surface area (Å²) in [5.74, 6) is -1.82. The van der Waals surface area contributed by atoms with Crippen molar-refractivity contribution in [3.05, 3.63) is 58.6 Å². The topological polar surface area (TPSA) is 101 Å². The third-order valence-corrected chi connectivity index (χ3v) is 15.7. The number of ketones is 1. The Kier molecular flexibility index (Phi) is 21.5. The van der Waals surface area contributed by atoms with Gasteiger partial charge in [-0.2, -0.15) is 0 Å². The van der Waals surface area contributed by atoms with Gasteiger partial charge in [0.2, 0.25) is 3.79 Å². The number of hydrogen-bond acceptors (Lipinski definition) is 9. The number of carbonyl (C=O) groups excluding carboxylic acids is 3. The molecule has 0 aliphatic heterocycles. The van der Waals surface area contributed by atoms with Gasteiger partial charge in [0, 0.05) is 17.2 Å². The summed E-state index contributed by atoms with van der Waals surface area (Å²) in [6.07, 6.45) is 6.82. The minimum absolute atomic E-state index is 0.141. The number of aryl methyl sites for hydroxylation is 1. The number of esters is 1. The highest BCUT2D eigenvalue weighted by Crippen LogP contribution is 2.38. The lowest BCUT2D eigenvalue weighted by molar-refractivity contribution is -0.153. The van der Waals surface area contributed by atoms with Gasteiger partial charge in [-0.05, 0) is 75.7 Å². The van der Waals surface area contributed by atoms with Crippen molar-refractivity contribution in [1.82, 2.24) is 4.98 Å². The molecule has 0 radical (unpaired) electrons. The van der Waals surface area contributed by atoms with Gasteiger partial charge in [0.15, 0.2) is 8.32 Å². The SMILES string of the molecule is C=CCC/C(C)=C/C[C@H](OC(=O)C[C@H](O[Si](CC)(CC)CC)C(C)(C)C(=O)[C@H](C)[C@@H](OC(=O)OCC(Cl)(Cl)Cl)[C@@H](C)CC=C)/C(C)=C/c1csc(C)n1. The predicted molar refractivity (Wildman–Crippen MR) is 223 cm³/mol. The van der Waals surface area contributed by atoms with Gasteiger partial charge in [-0.15, -0.1) is 24.5 Å². The van der Waals surface area contributed by atoms with Crippen LogP contribution in [0.3, 0.4) is 0 Å². The van der Waals surface area contributed by atoms with Crippen LogP contribution in [-0.2, 0) is 28.2 Å². The van der Waals surface area contributed by atoms with Crippen molar-refractivity contribution in [2.24, 2.45) is 17.3 Å². The number of ether oxygens (including phenoxy) is 3. The minimum atomic E-state index is -2.36. The highest BCUT2D eigenvalue weighted by atomic mass is 35.6. The summed E-state index contributed by atoms with van der Waals surface area (Å²) < 4.78 is 22.2. The molecule has 0 aromatic carbocycles. The molecule has 0 N–H and O–H groups in total. The Labute approximate surface area is 338 Å². The van der Waals surface area contributed by atoms with Crippen molar-refractivity contribution in [2.75, 3.05) is 6.61 Å². The predicted octanol–water partition coefficient (Wildman–Crippen LogP) is 12.2. The van der Waals surface area contributed by atoms with E-state index in [2.05, 4.69) is 51.9 Å². The van der Waals surface area contributed by atoms with E-state index in [4.69, 9.17) is 53.4 Å². The summed E-state index contributed by atoms with van der Waals surface area (Å²) in [4.78, 5) is 46.0. The maximum absolute atomic E-state index is 14.6. The first-order chi connectivity index (χ1) is 24.7. The summed E-state index contributed by atoms with van der Waals surface area (Å²) in [7, 11) is -2.36. The maximum Gasteiger partial charge on any atom is 0.508 e. The number of halogens is 3. The number of carbonyl (C=O) groups is 3. The molecule has 0 aliphatic carbocycles. The molecule has 1 aromatic rings. The highest BCUT2D eigenvalue weighted by Gasteiger charge is 2.47. The van der Waals surface area contributed by atoms with Crippen LogP contribution >= 0.6 is 46.1 Å². The number of rotatable bonds is 24. The molecule has 13 heteroatoms. The van der Waals surface area contributed by atoms with Crippen molar-refractivity contribution in [2.45, 2.75) is 142 Å². The zero-order chi connectivity index (χ0) is 40.6. The number of nitrogens with zero attached hydrogens (tertiary/aromatic N) is 1. The lowest BCUT2D eigenvalue weighted by atomic mass is 9.73. The number of thiazole rings is 1. The Morgan fingerprint density at radius 2 is 1.62 bits per heavy atom. The van der Waals surface area contributed by atoms with Crippen LogP contribution in [-0.4, -0.2) is 59.9 Å². The maximum atomic E-state index is 14.6. The molecule has 0 saturated heterocycles. The fourth-order valence-electron chi connectivity index (χ4n) is 6.23. The fraction of sp³-hybridized carbons (Fsp3) is 0.650. The molecule has 53 heavy (non-hydrogen) atoms. The van der Waals surface area contributed by atoms with Gasteiger partial charge in [-0.1, -0.05) is 107 Å². The van der Waals surface area contributed by atoms with Crippen LogP contribution in [0.4, 0.5) is 4.79 Å². The number of alkyl halides is 3. The van der Waals surface area contributed by atoms with E-state index < -0.39 is 60.5 Å². The van der Waals surface area contributed by atoms with E-state index in [9.17, 15) is 14.4 Å². The Morgan fingerprint density at radius 3 is 2.13 bits per heavy atom. The van der Waals surface area contributed by atoms with Crippen molar-refractivity contribution in [3.8, 4) is 0 Å². The van der Waals surface area contributed by atoms with Crippen molar-refractivity contribution in [3.63, 3.8) is 0 Å². The Morgan fingerprint density at radius 1 is 1.00 bits per heavy atom. The summed E-state index contributed by atoms with van der Waals surface area (Å²) in [6.45, 7) is 26.5. The number of Topliss-reactive ketones (excluding diaryl/α,β-unsaturated/α-hetero) is 1. The Balaban J connectivity index is 3.56. The normalized spacial score (nSPS) is 15.9. The number of hydrogen-bond donors (Lipinski definition) is 0. The van der Waals surface area contributed by atoms with Gasteiger partial charge >= 0.3 is 12.1 Å². The molecule has 5 atom stereocenters. The lowest BCUT2D eigenvalue weighted by Crippen LogP contribution is -2.52.